The van der Waals surface area contributed by atoms with Crippen LogP contribution in [0.25, 0.3) is 10.9 Å². The molecule has 1 saturated carbocycles. The molecule has 1 aliphatic carbocycles. The van der Waals surface area contributed by atoms with Gasteiger partial charge in [0.2, 0.25) is 13.9 Å². The summed E-state index contributed by atoms with van der Waals surface area (Å²) in [5.74, 6) is -1.10. The number of aromatic nitrogens is 1. The number of methoxy groups -OCH3 is 3. The first-order valence-corrected chi connectivity index (χ1v) is 31.0. The largest absolute Gasteiger partial charge is 0.496 e. The van der Waals surface area contributed by atoms with Gasteiger partial charge in [0.15, 0.2) is 0 Å². The van der Waals surface area contributed by atoms with Crippen molar-refractivity contribution in [2.24, 2.45) is 11.3 Å². The number of aliphatic hydroxyl groups is 2. The van der Waals surface area contributed by atoms with Crippen LogP contribution in [0.1, 0.15) is 93.2 Å². The number of likely N-dealkylation sites (N-methyl/N-ethyl adjacent to an activating group) is 1. The Hall–Kier alpha value is -5.81. The SMILES string of the molecule is CC[C@]1(O)C[C@@H]2CN(CCc3c([nH]c4ccccc34)[C@@](C(=O)OC)(c3cc4c(cc3OC)N(C)C3[C@]45CCN4CC=C[C@@](CC)([C@@H](O[Si](C)(CCCCC(=O)OCc6ccccc6)c6ccccc6)[C@]3(O)C(=O)OC)[C@H]45)C2)C1. The molecular weight excluding hydrogens is 1000 g/mol. The number of para-hydroxylation sites is 1. The molecule has 78 heavy (non-hydrogen) atoms. The Morgan fingerprint density at radius 3 is 2.28 bits per heavy atom. The Kier molecular flexibility index (Phi) is 14.4. The number of unbranched alkanes of at least 4 members (excludes halogenated alkanes) is 1. The van der Waals surface area contributed by atoms with Gasteiger partial charge in [-0.25, -0.2) is 4.79 Å². The summed E-state index contributed by atoms with van der Waals surface area (Å²) in [4.78, 5) is 55.0. The quantitative estimate of drug-likeness (QED) is 0.0288. The van der Waals surface area contributed by atoms with Crippen LogP contribution in [-0.2, 0) is 56.9 Å². The molecule has 0 radical (unpaired) electrons. The lowest BCUT2D eigenvalue weighted by Gasteiger charge is -2.65. The lowest BCUT2D eigenvalue weighted by Crippen LogP contribution is -2.82. The number of carbonyl (C=O) groups excluding carboxylic acids is 3. The van der Waals surface area contributed by atoms with Crippen LogP contribution in [0.15, 0.2) is 109 Å². The maximum atomic E-state index is 15.7. The predicted octanol–water partition coefficient (Wildman–Crippen LogP) is 7.84. The number of fused-ring (bicyclic) bond motifs is 6. The van der Waals surface area contributed by atoms with Gasteiger partial charge in [0.05, 0.1) is 39.1 Å². The maximum absolute atomic E-state index is 15.7. The number of H-pyrrole nitrogens is 1. The average molecular weight is 1080 g/mol. The van der Waals surface area contributed by atoms with Gasteiger partial charge in [-0.2, -0.15) is 0 Å². The Morgan fingerprint density at radius 1 is 0.833 bits per heavy atom. The molecule has 4 aromatic carbocycles. The Balaban J connectivity index is 1.06. The zero-order chi connectivity index (χ0) is 54.8. The topological polar surface area (TPSA) is 163 Å². The van der Waals surface area contributed by atoms with Gasteiger partial charge >= 0.3 is 17.9 Å². The number of benzene rings is 4. The highest BCUT2D eigenvalue weighted by Gasteiger charge is 2.80. The van der Waals surface area contributed by atoms with Crippen LogP contribution in [0.5, 0.6) is 5.75 Å². The van der Waals surface area contributed by atoms with Crippen LogP contribution in [0.4, 0.5) is 5.69 Å². The standard InChI is InChI=1S/C63H78N4O10Si/c1-8-59(71)37-43-38-62(57(69)74-5,53-46(28-32-66(39-43)41-59)45-25-16-17-26-49(45)64-53)48-35-47-50(36-51(48)73-4)65(3)55-61(47)30-33-67-31-20-29-60(9-2,54(61)67)56(63(55,72)58(70)75-6)77-78(7,44-23-14-11-15-24-44)34-19-18-27-52(68)76-40-42-21-12-10-13-22-42/h10-17,20-26,29,35-36,43,54-56,64,71-72H,8-9,18-19,27-28,30-34,37-41H2,1-7H3/t43-,54-,55?,56+,59-,60+,61+,62-,63-,78?/m0/s1. The highest BCUT2D eigenvalue weighted by molar-refractivity contribution is 6.85. The lowest BCUT2D eigenvalue weighted by molar-refractivity contribution is -0.213. The number of ether oxygens (including phenoxy) is 4. The molecule has 5 aliphatic heterocycles. The molecule has 2 bridgehead atoms. The van der Waals surface area contributed by atoms with Crippen LogP contribution in [-0.4, -0.2) is 142 Å². The average Bonchev–Trinajstić information content (AvgIpc) is 2.29. The zero-order valence-electron chi connectivity index (χ0n) is 46.5. The fourth-order valence-electron chi connectivity index (χ4n) is 16.2. The lowest BCUT2D eigenvalue weighted by atomic mass is 9.47. The molecule has 3 fully saturated rings. The van der Waals surface area contributed by atoms with Crippen LogP contribution >= 0.6 is 0 Å². The third-order valence-electron chi connectivity index (χ3n) is 19.6. The molecule has 6 heterocycles. The molecular formula is C63H78N4O10Si. The molecule has 1 spiro atoms. The fraction of sp³-hybridized carbons (Fsp3) is 0.508. The van der Waals surface area contributed by atoms with Gasteiger partial charge in [-0.1, -0.05) is 111 Å². The number of aromatic amines is 1. The summed E-state index contributed by atoms with van der Waals surface area (Å²) in [6.07, 6.45) is 8.00. The molecule has 14 nitrogen and oxygen atoms in total. The second-order valence-electron chi connectivity index (χ2n) is 23.7. The molecule has 5 aromatic rings. The summed E-state index contributed by atoms with van der Waals surface area (Å²) in [5.41, 5.74) is -0.487. The second-order valence-corrected chi connectivity index (χ2v) is 27.4. The predicted molar refractivity (Wildman–Crippen MR) is 302 cm³/mol. The van der Waals surface area contributed by atoms with E-state index >= 15 is 9.59 Å². The summed E-state index contributed by atoms with van der Waals surface area (Å²) in [6, 6.07) is 31.7. The maximum Gasteiger partial charge on any atom is 0.342 e. The number of piperidine rings is 1. The highest BCUT2D eigenvalue weighted by Crippen LogP contribution is 2.68. The minimum Gasteiger partial charge on any atom is -0.496 e. The second kappa shape index (κ2) is 20.7. The van der Waals surface area contributed by atoms with E-state index in [-0.39, 0.29) is 31.0 Å². The molecule has 0 amide bonds. The third-order valence-corrected chi connectivity index (χ3v) is 23.2. The van der Waals surface area contributed by atoms with E-state index in [1.165, 1.54) is 14.2 Å². The summed E-state index contributed by atoms with van der Waals surface area (Å²) in [5, 5.41) is 28.6. The summed E-state index contributed by atoms with van der Waals surface area (Å²) < 4.78 is 32.1. The van der Waals surface area contributed by atoms with Gasteiger partial charge in [-0.05, 0) is 104 Å². The zero-order valence-corrected chi connectivity index (χ0v) is 47.5. The van der Waals surface area contributed by atoms with Gasteiger partial charge in [-0.15, -0.1) is 0 Å². The van der Waals surface area contributed by atoms with E-state index < -0.39 is 59.8 Å². The highest BCUT2D eigenvalue weighted by atomic mass is 28.4. The summed E-state index contributed by atoms with van der Waals surface area (Å²) >= 11 is 0. The molecule has 11 rings (SSSR count). The van der Waals surface area contributed by atoms with Crippen LogP contribution in [0.3, 0.4) is 0 Å². The normalized spacial score (nSPS) is 31.6. The van der Waals surface area contributed by atoms with E-state index in [4.69, 9.17) is 23.4 Å². The number of anilines is 1. The van der Waals surface area contributed by atoms with Crippen LogP contribution < -0.4 is 14.8 Å². The summed E-state index contributed by atoms with van der Waals surface area (Å²) in [6.45, 7) is 9.89. The Morgan fingerprint density at radius 2 is 1.56 bits per heavy atom. The summed E-state index contributed by atoms with van der Waals surface area (Å²) in [7, 11) is 3.25. The molecule has 11 atom stereocenters. The fourth-order valence-corrected chi connectivity index (χ4v) is 19.5. The first kappa shape index (κ1) is 54.2. The number of rotatable bonds is 16. The number of carbonyl (C=O) groups is 3. The van der Waals surface area contributed by atoms with E-state index in [0.717, 1.165) is 44.2 Å². The first-order valence-electron chi connectivity index (χ1n) is 28.3. The smallest absolute Gasteiger partial charge is 0.342 e. The molecule has 2 saturated heterocycles. The van der Waals surface area contributed by atoms with E-state index in [1.54, 1.807) is 7.11 Å². The van der Waals surface area contributed by atoms with E-state index in [2.05, 4.69) is 75.6 Å². The van der Waals surface area contributed by atoms with Gasteiger partial charge in [0, 0.05) is 90.4 Å². The number of hydrogen-bond donors (Lipinski definition) is 3. The van der Waals surface area contributed by atoms with Crippen molar-refractivity contribution in [2.75, 3.05) is 66.0 Å². The van der Waals surface area contributed by atoms with Gasteiger partial charge < -0.3 is 43.5 Å². The molecule has 6 aliphatic rings. The van der Waals surface area contributed by atoms with Crippen LogP contribution in [0, 0.1) is 11.3 Å². The Bertz CT molecular complexity index is 3100. The van der Waals surface area contributed by atoms with Gasteiger partial charge in [-0.3, -0.25) is 19.4 Å². The van der Waals surface area contributed by atoms with Gasteiger partial charge in [0.1, 0.15) is 17.8 Å². The number of hydrogen-bond acceptors (Lipinski definition) is 13. The molecule has 15 heteroatoms. The molecule has 3 unspecified atom stereocenters. The van der Waals surface area contributed by atoms with Crippen molar-refractivity contribution in [3.63, 3.8) is 0 Å². The number of nitrogens with zero attached hydrogens (tertiary/aromatic N) is 3. The van der Waals surface area contributed by atoms with Gasteiger partial charge in [0.25, 0.3) is 0 Å². The Labute approximate surface area is 460 Å². The number of nitrogens with one attached hydrogen (secondary N) is 1. The van der Waals surface area contributed by atoms with Crippen molar-refractivity contribution < 1.29 is 48.0 Å². The van der Waals surface area contributed by atoms with Crippen molar-refractivity contribution in [3.05, 3.63) is 137 Å². The number of esters is 3. The van der Waals surface area contributed by atoms with Crippen molar-refractivity contribution in [2.45, 2.75) is 131 Å². The van der Waals surface area contributed by atoms with Crippen molar-refractivity contribution in [1.29, 1.82) is 0 Å². The molecule has 1 aromatic heterocycles. The van der Waals surface area contributed by atoms with Crippen LogP contribution in [0.2, 0.25) is 12.6 Å². The first-order chi connectivity index (χ1) is 37.6. The van der Waals surface area contributed by atoms with Crippen molar-refractivity contribution >= 4 is 48.0 Å². The minimum atomic E-state index is -3.16. The van der Waals surface area contributed by atoms with Crippen molar-refractivity contribution in [1.82, 2.24) is 14.8 Å². The molecule has 414 valence electrons. The third kappa shape index (κ3) is 8.38. The van der Waals surface area contributed by atoms with E-state index in [1.807, 2.05) is 80.7 Å². The monoisotopic (exact) mass is 1080 g/mol. The van der Waals surface area contributed by atoms with Crippen molar-refractivity contribution in [3.8, 4) is 5.75 Å². The molecule has 3 N–H and O–H groups in total. The minimum absolute atomic E-state index is 0.113. The van der Waals surface area contributed by atoms with E-state index in [9.17, 15) is 15.0 Å². The van der Waals surface area contributed by atoms with E-state index in [0.29, 0.717) is 101 Å².